The van der Waals surface area contributed by atoms with Gasteiger partial charge in [0.1, 0.15) is 0 Å². The molecule has 0 aromatic carbocycles. The number of aliphatic hydroxyl groups is 1. The van der Waals surface area contributed by atoms with E-state index in [0.29, 0.717) is 0 Å². The maximum atomic E-state index is 7.92. The van der Waals surface area contributed by atoms with Crippen LogP contribution in [0.5, 0.6) is 0 Å². The summed E-state index contributed by atoms with van der Waals surface area (Å²) in [6, 6.07) is 0. The van der Waals surface area contributed by atoms with Gasteiger partial charge < -0.3 is 9.94 Å². The highest BCUT2D eigenvalue weighted by atomic mass is 16.7. The molecule has 0 amide bonds. The zero-order chi connectivity index (χ0) is 5.54. The Morgan fingerprint density at radius 3 is 3.00 bits per heavy atom. The summed E-state index contributed by atoms with van der Waals surface area (Å²) in [5, 5.41) is 11.1. The molecule has 0 aromatic heterocycles. The van der Waals surface area contributed by atoms with Gasteiger partial charge in [0.25, 0.3) is 0 Å². The van der Waals surface area contributed by atoms with Crippen molar-refractivity contribution in [2.45, 2.75) is 0 Å². The maximum absolute atomic E-state index is 7.92. The molecule has 0 aromatic rings. The molecule has 0 fully saturated rings. The van der Waals surface area contributed by atoms with Crippen molar-refractivity contribution in [1.82, 2.24) is 0 Å². The van der Waals surface area contributed by atoms with Gasteiger partial charge in [-0.3, -0.25) is 0 Å². The molecule has 3 nitrogen and oxygen atoms in total. The van der Waals surface area contributed by atoms with E-state index in [4.69, 9.17) is 5.11 Å². The molecule has 40 valence electrons. The van der Waals surface area contributed by atoms with Crippen molar-refractivity contribution in [3.8, 4) is 0 Å². The fourth-order valence-corrected chi connectivity index (χ4v) is 0.119. The van der Waals surface area contributed by atoms with Crippen molar-refractivity contribution in [2.24, 2.45) is 5.16 Å². The normalized spacial score (nSPS) is 9.29. The minimum atomic E-state index is -0.385. The Kier molecular flexibility index (Phi) is 4.56. The van der Waals surface area contributed by atoms with Gasteiger partial charge in [-0.25, -0.2) is 0 Å². The maximum Gasteiger partial charge on any atom is 0.214 e. The van der Waals surface area contributed by atoms with Crippen LogP contribution in [0.4, 0.5) is 0 Å². The van der Waals surface area contributed by atoms with Gasteiger partial charge in [-0.05, 0) is 6.08 Å². The largest absolute Gasteiger partial charge is 0.367 e. The summed E-state index contributed by atoms with van der Waals surface area (Å²) in [6.07, 6.45) is 2.80. The zero-order valence-corrected chi connectivity index (χ0v) is 3.87. The van der Waals surface area contributed by atoms with Crippen LogP contribution in [0.3, 0.4) is 0 Å². The number of aliphatic hydroxyl groups excluding tert-OH is 1. The number of rotatable bonds is 3. The van der Waals surface area contributed by atoms with Gasteiger partial charge in [0.05, 0.1) is 6.21 Å². The van der Waals surface area contributed by atoms with Crippen LogP contribution in [0.1, 0.15) is 0 Å². The van der Waals surface area contributed by atoms with Crippen molar-refractivity contribution in [3.63, 3.8) is 0 Å². The van der Waals surface area contributed by atoms with Crippen molar-refractivity contribution < 1.29 is 9.94 Å². The SMILES string of the molecule is C=CC=NOCO. The Bertz CT molecular complexity index is 70.1. The van der Waals surface area contributed by atoms with E-state index in [2.05, 4.69) is 16.6 Å². The summed E-state index contributed by atoms with van der Waals surface area (Å²) >= 11 is 0. The van der Waals surface area contributed by atoms with Crippen LogP contribution in [-0.2, 0) is 4.84 Å². The third-order valence-corrected chi connectivity index (χ3v) is 0.299. The summed E-state index contributed by atoms with van der Waals surface area (Å²) in [6.45, 7) is 2.94. The summed E-state index contributed by atoms with van der Waals surface area (Å²) in [7, 11) is 0. The number of hydrogen-bond donors (Lipinski definition) is 1. The molecular formula is C4H7NO2. The molecule has 7 heavy (non-hydrogen) atoms. The van der Waals surface area contributed by atoms with Crippen LogP contribution in [0.15, 0.2) is 17.8 Å². The number of hydrogen-bond acceptors (Lipinski definition) is 3. The zero-order valence-electron chi connectivity index (χ0n) is 3.87. The Balaban J connectivity index is 2.92. The van der Waals surface area contributed by atoms with Gasteiger partial charge in [0, 0.05) is 0 Å². The van der Waals surface area contributed by atoms with E-state index < -0.39 is 0 Å². The quantitative estimate of drug-likeness (QED) is 0.312. The second kappa shape index (κ2) is 5.17. The lowest BCUT2D eigenvalue weighted by atomic mass is 10.7. The molecule has 0 aliphatic rings. The molecular weight excluding hydrogens is 94.0 g/mol. The van der Waals surface area contributed by atoms with Gasteiger partial charge in [0.2, 0.25) is 6.79 Å². The molecule has 0 spiro atoms. The van der Waals surface area contributed by atoms with E-state index in [1.807, 2.05) is 0 Å². The highest BCUT2D eigenvalue weighted by Gasteiger charge is 1.63. The first-order valence-electron chi connectivity index (χ1n) is 1.79. The predicted octanol–water partition coefficient (Wildman–Crippen LogP) is 0.125. The van der Waals surface area contributed by atoms with E-state index in [1.54, 1.807) is 0 Å². The predicted molar refractivity (Wildman–Crippen MR) is 26.9 cm³/mol. The van der Waals surface area contributed by atoms with Crippen molar-refractivity contribution in [1.29, 1.82) is 0 Å². The Morgan fingerprint density at radius 1 is 1.86 bits per heavy atom. The van der Waals surface area contributed by atoms with Crippen LogP contribution in [0.2, 0.25) is 0 Å². The topological polar surface area (TPSA) is 41.8 Å². The molecule has 0 unspecified atom stereocenters. The Morgan fingerprint density at radius 2 is 2.57 bits per heavy atom. The average molecular weight is 101 g/mol. The first kappa shape index (κ1) is 6.17. The van der Waals surface area contributed by atoms with Crippen LogP contribution < -0.4 is 0 Å². The lowest BCUT2D eigenvalue weighted by Crippen LogP contribution is -1.81. The minimum absolute atomic E-state index is 0.385. The number of nitrogens with zero attached hydrogens (tertiary/aromatic N) is 1. The second-order valence-corrected chi connectivity index (χ2v) is 0.748. The third kappa shape index (κ3) is 5.17. The summed E-state index contributed by atoms with van der Waals surface area (Å²) in [5.74, 6) is 0. The van der Waals surface area contributed by atoms with Crippen LogP contribution >= 0.6 is 0 Å². The van der Waals surface area contributed by atoms with E-state index >= 15 is 0 Å². The van der Waals surface area contributed by atoms with E-state index in [9.17, 15) is 0 Å². The summed E-state index contributed by atoms with van der Waals surface area (Å²) < 4.78 is 0. The minimum Gasteiger partial charge on any atom is -0.367 e. The van der Waals surface area contributed by atoms with Gasteiger partial charge in [0.15, 0.2) is 0 Å². The lowest BCUT2D eigenvalue weighted by Gasteiger charge is -1.84. The van der Waals surface area contributed by atoms with Gasteiger partial charge >= 0.3 is 0 Å². The van der Waals surface area contributed by atoms with E-state index in [1.165, 1.54) is 12.3 Å². The van der Waals surface area contributed by atoms with E-state index in [0.717, 1.165) is 0 Å². The number of oxime groups is 1. The highest BCUT2D eigenvalue weighted by Crippen LogP contribution is 1.66. The van der Waals surface area contributed by atoms with Crippen molar-refractivity contribution in [3.05, 3.63) is 12.7 Å². The fourth-order valence-electron chi connectivity index (χ4n) is 0.119. The van der Waals surface area contributed by atoms with Gasteiger partial charge in [-0.2, -0.15) is 0 Å². The van der Waals surface area contributed by atoms with Gasteiger partial charge in [-0.15, -0.1) is 0 Å². The number of allylic oxidation sites excluding steroid dienone is 1. The van der Waals surface area contributed by atoms with Crippen molar-refractivity contribution in [2.75, 3.05) is 6.79 Å². The fraction of sp³-hybridized carbons (Fsp3) is 0.250. The smallest absolute Gasteiger partial charge is 0.214 e. The molecule has 0 heterocycles. The first-order chi connectivity index (χ1) is 3.41. The summed E-state index contributed by atoms with van der Waals surface area (Å²) in [5.41, 5.74) is 0. The van der Waals surface area contributed by atoms with Crippen LogP contribution in [-0.4, -0.2) is 18.1 Å². The third-order valence-electron chi connectivity index (χ3n) is 0.299. The Hall–Kier alpha value is -0.830. The van der Waals surface area contributed by atoms with Crippen molar-refractivity contribution >= 4 is 6.21 Å². The molecule has 0 atom stereocenters. The molecule has 1 N–H and O–H groups in total. The standard InChI is InChI=1S/C4H7NO2/c1-2-3-5-7-4-6/h2-3,6H,1,4H2. The molecule has 3 heteroatoms. The molecule has 0 aliphatic heterocycles. The molecule has 0 aliphatic carbocycles. The molecule has 0 bridgehead atoms. The van der Waals surface area contributed by atoms with Crippen LogP contribution in [0.25, 0.3) is 0 Å². The first-order valence-corrected chi connectivity index (χ1v) is 1.79. The second-order valence-electron chi connectivity index (χ2n) is 0.748. The molecule has 0 radical (unpaired) electrons. The van der Waals surface area contributed by atoms with Crippen LogP contribution in [0, 0.1) is 0 Å². The summed E-state index contributed by atoms with van der Waals surface area (Å²) in [4.78, 5) is 4.13. The van der Waals surface area contributed by atoms with Gasteiger partial charge in [-0.1, -0.05) is 11.7 Å². The lowest BCUT2D eigenvalue weighted by molar-refractivity contribution is 0.00276. The molecule has 0 saturated heterocycles. The Labute approximate surface area is 41.9 Å². The highest BCUT2D eigenvalue weighted by molar-refractivity contribution is 5.69. The molecule has 0 saturated carbocycles. The van der Waals surface area contributed by atoms with E-state index in [-0.39, 0.29) is 6.79 Å². The monoisotopic (exact) mass is 101 g/mol. The average Bonchev–Trinajstić information content (AvgIpc) is 1.69. The molecule has 0 rings (SSSR count).